The lowest BCUT2D eigenvalue weighted by molar-refractivity contribution is -0.143. The highest BCUT2D eigenvalue weighted by Gasteiger charge is 2.28. The van der Waals surface area contributed by atoms with Crippen LogP contribution in [0.25, 0.3) is 10.2 Å². The summed E-state index contributed by atoms with van der Waals surface area (Å²) in [6.07, 6.45) is 1.60. The minimum atomic E-state index is -3.97. The maximum Gasteiger partial charge on any atom is 0.326 e. The van der Waals surface area contributed by atoms with Gasteiger partial charge in [0.25, 0.3) is 5.91 Å². The summed E-state index contributed by atoms with van der Waals surface area (Å²) in [6, 6.07) is 9.69. The predicted molar refractivity (Wildman–Crippen MR) is 141 cm³/mol. The number of hydrogen-bond donors (Lipinski definition) is 1. The number of nitrogens with zero attached hydrogens (tertiary/aromatic N) is 3. The maximum atomic E-state index is 13.0. The van der Waals surface area contributed by atoms with Gasteiger partial charge >= 0.3 is 5.97 Å². The smallest absolute Gasteiger partial charge is 0.326 e. The summed E-state index contributed by atoms with van der Waals surface area (Å²) in [7, 11) is -7.63. The van der Waals surface area contributed by atoms with Crippen LogP contribution in [0, 0.1) is 5.92 Å². The second kappa shape index (κ2) is 11.1. The number of sulfonamides is 2. The van der Waals surface area contributed by atoms with Crippen molar-refractivity contribution in [2.45, 2.75) is 43.0 Å². The second-order valence-electron chi connectivity index (χ2n) is 8.98. The van der Waals surface area contributed by atoms with Crippen LogP contribution < -0.4 is 9.94 Å². The predicted octanol–water partition coefficient (Wildman–Crippen LogP) is 2.07. The van der Waals surface area contributed by atoms with Gasteiger partial charge < -0.3 is 9.30 Å². The van der Waals surface area contributed by atoms with E-state index in [1.165, 1.54) is 51.3 Å². The molecule has 204 valence electrons. The van der Waals surface area contributed by atoms with Crippen molar-refractivity contribution in [1.29, 1.82) is 0 Å². The lowest BCUT2D eigenvalue weighted by Crippen LogP contribution is -2.37. The van der Waals surface area contributed by atoms with E-state index >= 15 is 0 Å². The monoisotopic (exact) mass is 580 g/mol. The van der Waals surface area contributed by atoms with E-state index in [0.29, 0.717) is 29.2 Å². The molecule has 0 saturated carbocycles. The van der Waals surface area contributed by atoms with Crippen LogP contribution in [0.1, 0.15) is 37.0 Å². The molecule has 0 aliphatic carbocycles. The molecule has 2 aromatic carbocycles. The molecule has 1 amide bonds. The third-order valence-electron chi connectivity index (χ3n) is 6.25. The van der Waals surface area contributed by atoms with E-state index in [9.17, 15) is 26.4 Å². The van der Waals surface area contributed by atoms with Gasteiger partial charge in [-0.15, -0.1) is 0 Å². The fourth-order valence-electron chi connectivity index (χ4n) is 4.10. The first-order chi connectivity index (χ1) is 17.9. The number of benzene rings is 2. The molecule has 2 N–H and O–H groups in total. The van der Waals surface area contributed by atoms with E-state index in [1.54, 1.807) is 6.92 Å². The Labute approximate surface area is 224 Å². The topological polar surface area (TPSA) is 158 Å². The van der Waals surface area contributed by atoms with E-state index in [0.717, 1.165) is 24.2 Å². The fourth-order valence-corrected chi connectivity index (χ4v) is 7.25. The van der Waals surface area contributed by atoms with Gasteiger partial charge in [0.05, 0.1) is 26.6 Å². The zero-order valence-electron chi connectivity index (χ0n) is 20.9. The van der Waals surface area contributed by atoms with E-state index in [2.05, 4.69) is 11.9 Å². The minimum absolute atomic E-state index is 0.0957. The minimum Gasteiger partial charge on any atom is -0.465 e. The molecule has 2 heterocycles. The first-order valence-electron chi connectivity index (χ1n) is 11.9. The van der Waals surface area contributed by atoms with E-state index < -0.39 is 31.9 Å². The molecule has 1 aliphatic heterocycles. The summed E-state index contributed by atoms with van der Waals surface area (Å²) in [5.74, 6) is -0.732. The number of esters is 1. The molecule has 0 atom stereocenters. The highest BCUT2D eigenvalue weighted by atomic mass is 32.2. The Morgan fingerprint density at radius 1 is 1.05 bits per heavy atom. The molecule has 0 unspecified atom stereocenters. The van der Waals surface area contributed by atoms with Crippen molar-refractivity contribution in [3.63, 3.8) is 0 Å². The number of fused-ring (bicyclic) bond motifs is 1. The van der Waals surface area contributed by atoms with Gasteiger partial charge in [-0.3, -0.25) is 9.59 Å². The summed E-state index contributed by atoms with van der Waals surface area (Å²) in [6.45, 7) is 4.59. The Morgan fingerprint density at radius 2 is 1.68 bits per heavy atom. The quantitative estimate of drug-likeness (QED) is 0.419. The van der Waals surface area contributed by atoms with Crippen LogP contribution >= 0.6 is 11.3 Å². The van der Waals surface area contributed by atoms with Crippen molar-refractivity contribution < 1.29 is 31.2 Å². The van der Waals surface area contributed by atoms with Gasteiger partial charge in [-0.05, 0) is 68.1 Å². The van der Waals surface area contributed by atoms with Crippen molar-refractivity contribution >= 4 is 53.5 Å². The molecule has 4 rings (SSSR count). The van der Waals surface area contributed by atoms with Crippen molar-refractivity contribution in [3.8, 4) is 0 Å². The van der Waals surface area contributed by atoms with Gasteiger partial charge in [0, 0.05) is 18.7 Å². The van der Waals surface area contributed by atoms with Crippen LogP contribution in [0.5, 0.6) is 0 Å². The van der Waals surface area contributed by atoms with Crippen LogP contribution in [0.3, 0.4) is 0 Å². The second-order valence-corrected chi connectivity index (χ2v) is 13.5. The van der Waals surface area contributed by atoms with E-state index in [1.807, 2.05) is 0 Å². The van der Waals surface area contributed by atoms with Crippen LogP contribution in [0.2, 0.25) is 0 Å². The van der Waals surface area contributed by atoms with Gasteiger partial charge in [-0.25, -0.2) is 22.0 Å². The first kappa shape index (κ1) is 28.1. The Balaban J connectivity index is 1.68. The Kier molecular flexibility index (Phi) is 8.18. The van der Waals surface area contributed by atoms with Crippen molar-refractivity contribution in [1.82, 2.24) is 8.87 Å². The number of carbonyl (C=O) groups excluding carboxylic acids is 2. The average Bonchev–Trinajstić information content (AvgIpc) is 3.20. The zero-order valence-corrected chi connectivity index (χ0v) is 23.3. The van der Waals surface area contributed by atoms with Gasteiger partial charge in [-0.1, -0.05) is 18.3 Å². The molecular formula is C24H28N4O7S3. The third kappa shape index (κ3) is 6.04. The molecule has 0 radical (unpaired) electrons. The lowest BCUT2D eigenvalue weighted by Gasteiger charge is -2.29. The van der Waals surface area contributed by atoms with Gasteiger partial charge in [0.2, 0.25) is 20.0 Å². The number of piperidine rings is 1. The summed E-state index contributed by atoms with van der Waals surface area (Å²) < 4.78 is 57.9. The van der Waals surface area contributed by atoms with Crippen LogP contribution in [0.15, 0.2) is 57.2 Å². The normalized spacial score (nSPS) is 16.1. The molecule has 0 bridgehead atoms. The molecule has 1 saturated heterocycles. The van der Waals surface area contributed by atoms with E-state index in [-0.39, 0.29) is 33.3 Å². The number of rotatable bonds is 7. The highest BCUT2D eigenvalue weighted by molar-refractivity contribution is 7.89. The molecule has 11 nitrogen and oxygen atoms in total. The Hall–Kier alpha value is -2.91. The first-order valence-corrected chi connectivity index (χ1v) is 15.7. The van der Waals surface area contributed by atoms with E-state index in [4.69, 9.17) is 9.88 Å². The zero-order chi connectivity index (χ0) is 27.7. The number of aromatic nitrogens is 1. The number of thiazole rings is 1. The number of carbonyl (C=O) groups is 2. The molecule has 3 aromatic rings. The van der Waals surface area contributed by atoms with Crippen molar-refractivity contribution in [2.24, 2.45) is 16.0 Å². The summed E-state index contributed by atoms with van der Waals surface area (Å²) >= 11 is 1.01. The maximum absolute atomic E-state index is 13.0. The lowest BCUT2D eigenvalue weighted by atomic mass is 10.0. The van der Waals surface area contributed by atoms with Gasteiger partial charge in [0.1, 0.15) is 6.54 Å². The highest BCUT2D eigenvalue weighted by Crippen LogP contribution is 2.24. The number of ether oxygens (including phenoxy) is 1. The number of primary sulfonamides is 1. The fraction of sp³-hybridized carbons (Fsp3) is 0.375. The average molecular weight is 581 g/mol. The molecule has 14 heteroatoms. The summed E-state index contributed by atoms with van der Waals surface area (Å²) in [5.41, 5.74) is 0.626. The molecule has 1 fully saturated rings. The van der Waals surface area contributed by atoms with Crippen LogP contribution in [-0.4, -0.2) is 57.3 Å². The molecule has 1 aromatic heterocycles. The van der Waals surface area contributed by atoms with Gasteiger partial charge in [-0.2, -0.15) is 9.30 Å². The molecule has 38 heavy (non-hydrogen) atoms. The Morgan fingerprint density at radius 3 is 2.29 bits per heavy atom. The van der Waals surface area contributed by atoms with Gasteiger partial charge in [0.15, 0.2) is 4.80 Å². The third-order valence-corrected chi connectivity index (χ3v) is 10.1. The van der Waals surface area contributed by atoms with Crippen LogP contribution in [0.4, 0.5) is 0 Å². The van der Waals surface area contributed by atoms with Crippen LogP contribution in [-0.2, 0) is 36.1 Å². The molecular weight excluding hydrogens is 552 g/mol. The molecule has 0 spiro atoms. The number of hydrogen-bond acceptors (Lipinski definition) is 8. The Bertz CT molecular complexity index is 1650. The SMILES string of the molecule is CCOC(=O)Cn1c(=NC(=O)c2ccc(S(=O)(=O)N3CCC(C)CC3)cc2)sc2cc(S(N)(=O)=O)ccc21. The van der Waals surface area contributed by atoms with Crippen molar-refractivity contribution in [2.75, 3.05) is 19.7 Å². The summed E-state index contributed by atoms with van der Waals surface area (Å²) in [4.78, 5) is 29.5. The standard InChI is InChI=1S/C24H28N4O7S3/c1-3-35-22(29)15-28-20-9-8-19(37(25,31)32)14-21(20)36-24(28)26-23(30)17-4-6-18(7-5-17)38(33,34)27-12-10-16(2)11-13-27/h4-9,14,16H,3,10-13,15H2,1-2H3,(H2,25,31,32). The number of amides is 1. The summed E-state index contributed by atoms with van der Waals surface area (Å²) in [5, 5.41) is 5.24. The van der Waals surface area contributed by atoms with Crippen molar-refractivity contribution in [3.05, 3.63) is 52.8 Å². The molecule has 1 aliphatic rings. The largest absolute Gasteiger partial charge is 0.465 e. The number of nitrogens with two attached hydrogens (primary N) is 1.